The van der Waals surface area contributed by atoms with E-state index in [1.165, 1.54) is 19.3 Å². The van der Waals surface area contributed by atoms with Crippen LogP contribution in [0.1, 0.15) is 54.9 Å². The van der Waals surface area contributed by atoms with Crippen molar-refractivity contribution < 1.29 is 19.4 Å². The number of carbonyl (C=O) groups excluding carboxylic acids is 1. The number of nitrogens with zero attached hydrogens (tertiary/aromatic N) is 1. The van der Waals surface area contributed by atoms with Gasteiger partial charge in [-0.2, -0.15) is 0 Å². The lowest BCUT2D eigenvalue weighted by Gasteiger charge is -2.39. The van der Waals surface area contributed by atoms with Gasteiger partial charge < -0.3 is 15.2 Å². The summed E-state index contributed by atoms with van der Waals surface area (Å²) in [5.41, 5.74) is 1.15. The first kappa shape index (κ1) is 19.8. The van der Waals surface area contributed by atoms with Gasteiger partial charge in [0.05, 0.1) is 17.7 Å². The van der Waals surface area contributed by atoms with Gasteiger partial charge in [-0.25, -0.2) is 4.79 Å². The number of hydrogen-bond donors (Lipinski definition) is 2. The van der Waals surface area contributed by atoms with Crippen LogP contribution in [0.5, 0.6) is 0 Å². The minimum absolute atomic E-state index is 0.0182. The van der Waals surface area contributed by atoms with E-state index in [0.29, 0.717) is 18.6 Å². The number of carboxylic acids is 1. The summed E-state index contributed by atoms with van der Waals surface area (Å²) in [6.07, 6.45) is 6.25. The van der Waals surface area contributed by atoms with Gasteiger partial charge in [0, 0.05) is 13.2 Å². The Morgan fingerprint density at radius 2 is 1.89 bits per heavy atom. The molecule has 0 saturated carbocycles. The van der Waals surface area contributed by atoms with Crippen molar-refractivity contribution in [1.29, 1.82) is 0 Å². The van der Waals surface area contributed by atoms with Gasteiger partial charge in [-0.15, -0.1) is 0 Å². The number of carbonyl (C=O) groups is 2. The minimum atomic E-state index is -0.943. The first-order valence-corrected chi connectivity index (χ1v) is 10.00. The van der Waals surface area contributed by atoms with Crippen LogP contribution in [0.4, 0.5) is 0 Å². The molecule has 2 saturated heterocycles. The number of carboxylic acid groups (broad SMARTS) is 1. The molecule has 1 aromatic rings. The molecular weight excluding hydrogens is 344 g/mol. The third kappa shape index (κ3) is 5.30. The third-order valence-electron chi connectivity index (χ3n) is 5.91. The second-order valence-electron chi connectivity index (χ2n) is 7.67. The highest BCUT2D eigenvalue weighted by Gasteiger charge is 2.31. The number of amides is 1. The van der Waals surface area contributed by atoms with E-state index in [9.17, 15) is 9.59 Å². The molecule has 0 spiro atoms. The molecule has 2 fully saturated rings. The molecule has 0 bridgehead atoms. The highest BCUT2D eigenvalue weighted by molar-refractivity contribution is 5.87. The monoisotopic (exact) mass is 374 g/mol. The van der Waals surface area contributed by atoms with Gasteiger partial charge in [0.25, 0.3) is 0 Å². The van der Waals surface area contributed by atoms with Gasteiger partial charge in [0.1, 0.15) is 0 Å². The normalized spacial score (nSPS) is 22.9. The molecular formula is C21H30N2O4. The molecule has 0 aliphatic carbocycles. The summed E-state index contributed by atoms with van der Waals surface area (Å²) < 4.78 is 5.94. The van der Waals surface area contributed by atoms with E-state index in [4.69, 9.17) is 9.84 Å². The Bertz CT molecular complexity index is 632. The molecule has 2 atom stereocenters. The molecule has 27 heavy (non-hydrogen) atoms. The number of piperidine rings is 1. The molecule has 6 heteroatoms. The first-order chi connectivity index (χ1) is 13.0. The Morgan fingerprint density at radius 3 is 2.48 bits per heavy atom. The quantitative estimate of drug-likeness (QED) is 0.800. The van der Waals surface area contributed by atoms with Crippen molar-refractivity contribution in [3.05, 3.63) is 35.4 Å². The zero-order valence-corrected chi connectivity index (χ0v) is 16.0. The molecule has 0 aromatic heterocycles. The maximum atomic E-state index is 12.5. The molecule has 2 N–H and O–H groups in total. The van der Waals surface area contributed by atoms with Gasteiger partial charge in [-0.3, -0.25) is 9.69 Å². The average Bonchev–Trinajstić information content (AvgIpc) is 2.72. The van der Waals surface area contributed by atoms with Crippen molar-refractivity contribution in [2.75, 3.05) is 19.7 Å². The van der Waals surface area contributed by atoms with Gasteiger partial charge in [0.15, 0.2) is 0 Å². The zero-order valence-electron chi connectivity index (χ0n) is 16.0. The van der Waals surface area contributed by atoms with Gasteiger partial charge >= 0.3 is 5.97 Å². The third-order valence-corrected chi connectivity index (χ3v) is 5.91. The SMILES string of the molecule is CC(C(=O)NCc1ccc(C(=O)O)cc1)N1CCC(C2CCCCO2)CC1. The van der Waals surface area contributed by atoms with Gasteiger partial charge in [-0.1, -0.05) is 12.1 Å². The second-order valence-corrected chi connectivity index (χ2v) is 7.67. The van der Waals surface area contributed by atoms with E-state index in [1.807, 2.05) is 6.92 Å². The van der Waals surface area contributed by atoms with E-state index in [0.717, 1.165) is 38.1 Å². The van der Waals surface area contributed by atoms with Crippen LogP contribution >= 0.6 is 0 Å². The minimum Gasteiger partial charge on any atom is -0.478 e. The van der Waals surface area contributed by atoms with Crippen molar-refractivity contribution in [3.63, 3.8) is 0 Å². The summed E-state index contributed by atoms with van der Waals surface area (Å²) in [4.78, 5) is 25.6. The molecule has 1 amide bonds. The molecule has 6 nitrogen and oxygen atoms in total. The van der Waals surface area contributed by atoms with Crippen molar-refractivity contribution >= 4 is 11.9 Å². The van der Waals surface area contributed by atoms with Crippen LogP contribution in [0, 0.1) is 5.92 Å². The maximum absolute atomic E-state index is 12.5. The molecule has 2 heterocycles. The topological polar surface area (TPSA) is 78.9 Å². The fraction of sp³-hybridized carbons (Fsp3) is 0.619. The summed E-state index contributed by atoms with van der Waals surface area (Å²) in [7, 11) is 0. The van der Waals surface area contributed by atoms with Crippen molar-refractivity contribution in [1.82, 2.24) is 10.2 Å². The zero-order chi connectivity index (χ0) is 19.2. The summed E-state index contributed by atoms with van der Waals surface area (Å²) >= 11 is 0. The van der Waals surface area contributed by atoms with Crippen molar-refractivity contribution in [2.45, 2.75) is 57.7 Å². The Balaban J connectivity index is 1.43. The fourth-order valence-corrected chi connectivity index (χ4v) is 4.08. The number of ether oxygens (including phenoxy) is 1. The van der Waals surface area contributed by atoms with E-state index in [2.05, 4.69) is 10.2 Å². The molecule has 2 aliphatic heterocycles. The van der Waals surface area contributed by atoms with Crippen LogP contribution in [0.15, 0.2) is 24.3 Å². The second kappa shape index (κ2) is 9.33. The number of aromatic carboxylic acids is 1. The highest BCUT2D eigenvalue weighted by Crippen LogP contribution is 2.29. The van der Waals surface area contributed by atoms with Crippen molar-refractivity contribution in [2.24, 2.45) is 5.92 Å². The number of likely N-dealkylation sites (tertiary alicyclic amines) is 1. The number of benzene rings is 1. The standard InChI is InChI=1S/C21H30N2O4/c1-15(20(24)22-14-16-5-7-18(8-6-16)21(25)26)23-11-9-17(10-12-23)19-4-2-3-13-27-19/h5-8,15,17,19H,2-4,9-14H2,1H3,(H,22,24)(H,25,26). The van der Waals surface area contributed by atoms with E-state index >= 15 is 0 Å². The molecule has 148 valence electrons. The van der Waals surface area contributed by atoms with Crippen molar-refractivity contribution in [3.8, 4) is 0 Å². The number of nitrogens with one attached hydrogen (secondary N) is 1. The van der Waals surface area contributed by atoms with Crippen LogP contribution in [-0.4, -0.2) is 53.7 Å². The molecule has 1 aromatic carbocycles. The van der Waals surface area contributed by atoms with E-state index in [-0.39, 0.29) is 17.5 Å². The van der Waals surface area contributed by atoms with Crippen LogP contribution in [0.25, 0.3) is 0 Å². The maximum Gasteiger partial charge on any atom is 0.335 e. The van der Waals surface area contributed by atoms with Crippen LogP contribution in [-0.2, 0) is 16.1 Å². The smallest absolute Gasteiger partial charge is 0.335 e. The fourth-order valence-electron chi connectivity index (χ4n) is 4.08. The molecule has 2 aliphatic rings. The Hall–Kier alpha value is -1.92. The van der Waals surface area contributed by atoms with Crippen LogP contribution in [0.3, 0.4) is 0 Å². The Kier molecular flexibility index (Phi) is 6.85. The lowest BCUT2D eigenvalue weighted by Crippen LogP contribution is -2.49. The molecule has 2 unspecified atom stereocenters. The first-order valence-electron chi connectivity index (χ1n) is 10.00. The summed E-state index contributed by atoms with van der Waals surface area (Å²) in [6.45, 7) is 5.14. The Morgan fingerprint density at radius 1 is 1.19 bits per heavy atom. The lowest BCUT2D eigenvalue weighted by atomic mass is 9.87. The number of hydrogen-bond acceptors (Lipinski definition) is 4. The Labute approximate surface area is 160 Å². The van der Waals surface area contributed by atoms with Crippen LogP contribution in [0.2, 0.25) is 0 Å². The molecule has 0 radical (unpaired) electrons. The highest BCUT2D eigenvalue weighted by atomic mass is 16.5. The van der Waals surface area contributed by atoms with Gasteiger partial charge in [0.2, 0.25) is 5.91 Å². The van der Waals surface area contributed by atoms with Crippen LogP contribution < -0.4 is 5.32 Å². The summed E-state index contributed by atoms with van der Waals surface area (Å²) in [5, 5.41) is 11.9. The number of rotatable bonds is 6. The largest absolute Gasteiger partial charge is 0.478 e. The van der Waals surface area contributed by atoms with E-state index in [1.54, 1.807) is 24.3 Å². The predicted octanol–water partition coefficient (Wildman–Crippen LogP) is 2.67. The average molecular weight is 374 g/mol. The molecule has 3 rings (SSSR count). The van der Waals surface area contributed by atoms with E-state index < -0.39 is 5.97 Å². The van der Waals surface area contributed by atoms with Gasteiger partial charge in [-0.05, 0) is 75.7 Å². The predicted molar refractivity (Wildman–Crippen MR) is 103 cm³/mol. The lowest BCUT2D eigenvalue weighted by molar-refractivity contribution is -0.127. The summed E-state index contributed by atoms with van der Waals surface area (Å²) in [5.74, 6) is -0.296. The summed E-state index contributed by atoms with van der Waals surface area (Å²) in [6, 6.07) is 6.45.